The number of aromatic nitrogens is 2. The summed E-state index contributed by atoms with van der Waals surface area (Å²) in [6.45, 7) is 7.78. The number of hydrogen-bond acceptors (Lipinski definition) is 5. The van der Waals surface area contributed by atoms with E-state index < -0.39 is 0 Å². The van der Waals surface area contributed by atoms with Crippen LogP contribution in [0.15, 0.2) is 36.7 Å². The number of hydrogen-bond donors (Lipinski definition) is 0. The number of carbonyl (C=O) groups is 2. The minimum atomic E-state index is -0.167. The molecule has 0 aliphatic carbocycles. The Hall–Kier alpha value is -2.67. The number of anilines is 1. The smallest absolute Gasteiger partial charge is 0.274 e. The Balaban J connectivity index is 1.53. The van der Waals surface area contributed by atoms with Gasteiger partial charge in [0.15, 0.2) is 0 Å². The first-order chi connectivity index (χ1) is 15.0. The first kappa shape index (κ1) is 23.0. The molecule has 2 aromatic rings. The summed E-state index contributed by atoms with van der Waals surface area (Å²) < 4.78 is 0. The van der Waals surface area contributed by atoms with Gasteiger partial charge in [0.2, 0.25) is 5.91 Å². The van der Waals surface area contributed by atoms with Gasteiger partial charge in [-0.3, -0.25) is 14.6 Å². The molecule has 0 atom stereocenters. The molecule has 0 bridgehead atoms. The number of rotatable bonds is 8. The van der Waals surface area contributed by atoms with Crippen LogP contribution in [0, 0.1) is 6.92 Å². The predicted molar refractivity (Wildman–Crippen MR) is 122 cm³/mol. The maximum atomic E-state index is 12.9. The zero-order chi connectivity index (χ0) is 22.2. The first-order valence-electron chi connectivity index (χ1n) is 10.8. The molecule has 0 spiro atoms. The van der Waals surface area contributed by atoms with Gasteiger partial charge in [-0.25, -0.2) is 4.98 Å². The van der Waals surface area contributed by atoms with Gasteiger partial charge in [-0.05, 0) is 31.5 Å². The molecule has 1 aliphatic rings. The lowest BCUT2D eigenvalue weighted by atomic mass is 10.2. The fraction of sp³-hybridized carbons (Fsp3) is 0.478. The van der Waals surface area contributed by atoms with E-state index in [1.54, 1.807) is 11.1 Å². The standard InChI is InChI=1S/C23H30ClN5O2/c1-3-4-9-29(23(31)21-17-25-18(2)16-26-21)10-8-22(30)28-13-11-27(12-14-28)20-7-5-6-19(24)15-20/h5-7,15-17H,3-4,8-14H2,1-2H3. The van der Waals surface area contributed by atoms with Gasteiger partial charge in [0.1, 0.15) is 5.69 Å². The second-order valence-electron chi connectivity index (χ2n) is 7.79. The van der Waals surface area contributed by atoms with Gasteiger partial charge in [0, 0.05) is 62.6 Å². The minimum absolute atomic E-state index is 0.0787. The highest BCUT2D eigenvalue weighted by molar-refractivity contribution is 6.30. The van der Waals surface area contributed by atoms with Crippen molar-refractivity contribution in [1.29, 1.82) is 0 Å². The zero-order valence-corrected chi connectivity index (χ0v) is 19.0. The molecule has 2 amide bonds. The molecular formula is C23H30ClN5O2. The molecule has 0 saturated carbocycles. The summed E-state index contributed by atoms with van der Waals surface area (Å²) >= 11 is 6.10. The van der Waals surface area contributed by atoms with Crippen molar-refractivity contribution in [2.45, 2.75) is 33.1 Å². The molecule has 31 heavy (non-hydrogen) atoms. The van der Waals surface area contributed by atoms with Gasteiger partial charge in [-0.2, -0.15) is 0 Å². The molecule has 166 valence electrons. The summed E-state index contributed by atoms with van der Waals surface area (Å²) in [6.07, 6.45) is 5.27. The van der Waals surface area contributed by atoms with Crippen molar-refractivity contribution in [1.82, 2.24) is 19.8 Å². The van der Waals surface area contributed by atoms with Crippen LogP contribution in [0.5, 0.6) is 0 Å². The van der Waals surface area contributed by atoms with Crippen molar-refractivity contribution in [3.05, 3.63) is 53.1 Å². The minimum Gasteiger partial charge on any atom is -0.368 e. The number of aryl methyl sites for hydroxylation is 1. The normalized spacial score (nSPS) is 13.9. The van der Waals surface area contributed by atoms with Crippen molar-refractivity contribution in [3.8, 4) is 0 Å². The molecule has 0 N–H and O–H groups in total. The average Bonchev–Trinajstić information content (AvgIpc) is 2.79. The molecule has 1 aliphatic heterocycles. The summed E-state index contributed by atoms with van der Waals surface area (Å²) in [5, 5.41) is 0.714. The summed E-state index contributed by atoms with van der Waals surface area (Å²) in [7, 11) is 0. The van der Waals surface area contributed by atoms with E-state index in [1.807, 2.05) is 36.1 Å². The van der Waals surface area contributed by atoms with Gasteiger partial charge >= 0.3 is 0 Å². The summed E-state index contributed by atoms with van der Waals surface area (Å²) in [6, 6.07) is 7.78. The van der Waals surface area contributed by atoms with Gasteiger partial charge < -0.3 is 14.7 Å². The highest BCUT2D eigenvalue weighted by Crippen LogP contribution is 2.21. The Labute approximate surface area is 189 Å². The topological polar surface area (TPSA) is 69.6 Å². The number of carbonyl (C=O) groups excluding carboxylic acids is 2. The van der Waals surface area contributed by atoms with Gasteiger partial charge in [0.05, 0.1) is 11.9 Å². The lowest BCUT2D eigenvalue weighted by Crippen LogP contribution is -2.49. The van der Waals surface area contributed by atoms with E-state index in [-0.39, 0.29) is 11.8 Å². The highest BCUT2D eigenvalue weighted by Gasteiger charge is 2.23. The van der Waals surface area contributed by atoms with Crippen LogP contribution in [0.2, 0.25) is 5.02 Å². The van der Waals surface area contributed by atoms with Crippen LogP contribution < -0.4 is 4.90 Å². The molecule has 2 heterocycles. The van der Waals surface area contributed by atoms with E-state index in [0.717, 1.165) is 37.3 Å². The predicted octanol–water partition coefficient (Wildman–Crippen LogP) is 3.42. The van der Waals surface area contributed by atoms with E-state index in [2.05, 4.69) is 21.8 Å². The molecular weight excluding hydrogens is 414 g/mol. The van der Waals surface area contributed by atoms with Crippen LogP contribution in [0.3, 0.4) is 0 Å². The lowest BCUT2D eigenvalue weighted by molar-refractivity contribution is -0.131. The molecule has 3 rings (SSSR count). The molecule has 1 saturated heterocycles. The van der Waals surface area contributed by atoms with E-state index in [0.29, 0.717) is 43.3 Å². The number of unbranched alkanes of at least 4 members (excludes halogenated alkanes) is 1. The SMILES string of the molecule is CCCCN(CCC(=O)N1CCN(c2cccc(Cl)c2)CC1)C(=O)c1cnc(C)cn1. The highest BCUT2D eigenvalue weighted by atomic mass is 35.5. The molecule has 0 radical (unpaired) electrons. The van der Waals surface area contributed by atoms with Crippen LogP contribution in [0.25, 0.3) is 0 Å². The Morgan fingerprint density at radius 3 is 2.52 bits per heavy atom. The zero-order valence-electron chi connectivity index (χ0n) is 18.3. The van der Waals surface area contributed by atoms with Crippen LogP contribution in [-0.4, -0.2) is 70.9 Å². The Morgan fingerprint density at radius 1 is 1.10 bits per heavy atom. The Kier molecular flexibility index (Phi) is 8.23. The van der Waals surface area contributed by atoms with Gasteiger partial charge in [-0.1, -0.05) is 31.0 Å². The molecule has 1 aromatic heterocycles. The quantitative estimate of drug-likeness (QED) is 0.625. The molecule has 1 fully saturated rings. The monoisotopic (exact) mass is 443 g/mol. The maximum Gasteiger partial charge on any atom is 0.274 e. The summed E-state index contributed by atoms with van der Waals surface area (Å²) in [5.74, 6) is -0.0884. The van der Waals surface area contributed by atoms with Crippen molar-refractivity contribution in [2.24, 2.45) is 0 Å². The van der Waals surface area contributed by atoms with Gasteiger partial charge in [-0.15, -0.1) is 0 Å². The van der Waals surface area contributed by atoms with Crippen molar-refractivity contribution < 1.29 is 9.59 Å². The largest absolute Gasteiger partial charge is 0.368 e. The van der Waals surface area contributed by atoms with Crippen LogP contribution in [0.4, 0.5) is 5.69 Å². The Morgan fingerprint density at radius 2 is 1.87 bits per heavy atom. The fourth-order valence-electron chi connectivity index (χ4n) is 3.60. The van der Waals surface area contributed by atoms with E-state index in [4.69, 9.17) is 11.6 Å². The maximum absolute atomic E-state index is 12.9. The number of piperazine rings is 1. The van der Waals surface area contributed by atoms with E-state index >= 15 is 0 Å². The van der Waals surface area contributed by atoms with Crippen molar-refractivity contribution in [2.75, 3.05) is 44.2 Å². The third-order valence-electron chi connectivity index (χ3n) is 5.47. The van der Waals surface area contributed by atoms with Crippen molar-refractivity contribution >= 4 is 29.1 Å². The van der Waals surface area contributed by atoms with Crippen molar-refractivity contribution in [3.63, 3.8) is 0 Å². The number of benzene rings is 1. The van der Waals surface area contributed by atoms with Crippen LogP contribution in [0.1, 0.15) is 42.4 Å². The number of amides is 2. The van der Waals surface area contributed by atoms with Crippen LogP contribution >= 0.6 is 11.6 Å². The van der Waals surface area contributed by atoms with E-state index in [1.165, 1.54) is 6.20 Å². The Bertz CT molecular complexity index is 882. The second-order valence-corrected chi connectivity index (χ2v) is 8.22. The van der Waals surface area contributed by atoms with Crippen LogP contribution in [-0.2, 0) is 4.79 Å². The molecule has 7 nitrogen and oxygen atoms in total. The second kappa shape index (κ2) is 11.1. The fourth-order valence-corrected chi connectivity index (χ4v) is 3.79. The number of nitrogens with zero attached hydrogens (tertiary/aromatic N) is 5. The number of halogens is 1. The molecule has 8 heteroatoms. The van der Waals surface area contributed by atoms with E-state index in [9.17, 15) is 9.59 Å². The lowest BCUT2D eigenvalue weighted by Gasteiger charge is -2.36. The molecule has 1 aromatic carbocycles. The summed E-state index contributed by atoms with van der Waals surface area (Å²) in [4.78, 5) is 39.9. The van der Waals surface area contributed by atoms with Gasteiger partial charge in [0.25, 0.3) is 5.91 Å². The average molecular weight is 444 g/mol. The third kappa shape index (κ3) is 6.40. The summed E-state index contributed by atoms with van der Waals surface area (Å²) in [5.41, 5.74) is 2.17. The first-order valence-corrected chi connectivity index (χ1v) is 11.2. The third-order valence-corrected chi connectivity index (χ3v) is 5.71. The molecule has 0 unspecified atom stereocenters.